The number of piperidine rings is 1. The number of thioether (sulfide) groups is 1. The molecule has 1 aromatic carbocycles. The van der Waals surface area contributed by atoms with Crippen molar-refractivity contribution in [2.75, 3.05) is 19.3 Å². The van der Waals surface area contributed by atoms with Gasteiger partial charge in [0.05, 0.1) is 0 Å². The molecule has 0 amide bonds. The van der Waals surface area contributed by atoms with Crippen LogP contribution in [0.3, 0.4) is 0 Å². The molecule has 1 saturated heterocycles. The van der Waals surface area contributed by atoms with Crippen LogP contribution in [0.25, 0.3) is 0 Å². The first-order valence-electron chi connectivity index (χ1n) is 6.28. The van der Waals surface area contributed by atoms with Gasteiger partial charge in [-0.3, -0.25) is 0 Å². The zero-order chi connectivity index (χ0) is 12.3. The largest absolute Gasteiger partial charge is 0.507 e. The molecule has 1 atom stereocenters. The molecule has 1 aliphatic rings. The first-order chi connectivity index (χ1) is 8.22. The molecule has 17 heavy (non-hydrogen) atoms. The Morgan fingerprint density at radius 1 is 1.47 bits per heavy atom. The van der Waals surface area contributed by atoms with Crippen LogP contribution in [0.1, 0.15) is 24.0 Å². The van der Waals surface area contributed by atoms with Crippen LogP contribution in [0.15, 0.2) is 17.0 Å². The molecule has 0 radical (unpaired) electrons. The van der Waals surface area contributed by atoms with E-state index >= 15 is 0 Å². The lowest BCUT2D eigenvalue weighted by molar-refractivity contribution is 0.367. The summed E-state index contributed by atoms with van der Waals surface area (Å²) in [6.07, 6.45) is 5.60. The first kappa shape index (κ1) is 12.8. The molecule has 0 aliphatic carbocycles. The molecule has 0 aromatic heterocycles. The SMILES string of the molecule is CSc1ccc(C)c(O)c1CC1CCCNC1. The summed E-state index contributed by atoms with van der Waals surface area (Å²) in [6, 6.07) is 4.13. The van der Waals surface area contributed by atoms with Crippen LogP contribution in [0, 0.1) is 12.8 Å². The summed E-state index contributed by atoms with van der Waals surface area (Å²) in [7, 11) is 0. The van der Waals surface area contributed by atoms with E-state index in [1.54, 1.807) is 11.8 Å². The van der Waals surface area contributed by atoms with Crippen molar-refractivity contribution in [2.24, 2.45) is 5.92 Å². The fourth-order valence-electron chi connectivity index (χ4n) is 2.51. The van der Waals surface area contributed by atoms with Gasteiger partial charge in [0.2, 0.25) is 0 Å². The number of aryl methyl sites for hydroxylation is 1. The lowest BCUT2D eigenvalue weighted by atomic mass is 9.91. The van der Waals surface area contributed by atoms with Crippen LogP contribution < -0.4 is 5.32 Å². The fourth-order valence-corrected chi connectivity index (χ4v) is 3.14. The second-order valence-corrected chi connectivity index (χ2v) is 5.68. The van der Waals surface area contributed by atoms with Gasteiger partial charge in [0.25, 0.3) is 0 Å². The van der Waals surface area contributed by atoms with Crippen molar-refractivity contribution < 1.29 is 5.11 Å². The molecule has 1 aromatic rings. The van der Waals surface area contributed by atoms with Crippen molar-refractivity contribution in [2.45, 2.75) is 31.1 Å². The van der Waals surface area contributed by atoms with Crippen molar-refractivity contribution >= 4 is 11.8 Å². The Labute approximate surface area is 108 Å². The molecule has 1 heterocycles. The quantitative estimate of drug-likeness (QED) is 0.810. The Balaban J connectivity index is 2.20. The highest BCUT2D eigenvalue weighted by atomic mass is 32.2. The molecule has 3 heteroatoms. The third-order valence-corrected chi connectivity index (χ3v) is 4.38. The maximum absolute atomic E-state index is 10.2. The van der Waals surface area contributed by atoms with Crippen molar-refractivity contribution in [1.82, 2.24) is 5.32 Å². The minimum Gasteiger partial charge on any atom is -0.507 e. The Kier molecular flexibility index (Phi) is 4.35. The van der Waals surface area contributed by atoms with Crippen molar-refractivity contribution in [3.05, 3.63) is 23.3 Å². The molecule has 94 valence electrons. The van der Waals surface area contributed by atoms with Gasteiger partial charge in [-0.25, -0.2) is 0 Å². The van der Waals surface area contributed by atoms with Crippen LogP contribution in [-0.4, -0.2) is 24.5 Å². The zero-order valence-corrected chi connectivity index (χ0v) is 11.4. The Morgan fingerprint density at radius 3 is 2.94 bits per heavy atom. The van der Waals surface area contributed by atoms with E-state index in [-0.39, 0.29) is 0 Å². The van der Waals surface area contributed by atoms with Gasteiger partial charge in [0.1, 0.15) is 5.75 Å². The molecular formula is C14H21NOS. The molecule has 0 spiro atoms. The average molecular weight is 251 g/mol. The van der Waals surface area contributed by atoms with Crippen LogP contribution >= 0.6 is 11.8 Å². The van der Waals surface area contributed by atoms with E-state index in [4.69, 9.17) is 0 Å². The smallest absolute Gasteiger partial charge is 0.122 e. The van der Waals surface area contributed by atoms with E-state index in [9.17, 15) is 5.11 Å². The number of rotatable bonds is 3. The van der Waals surface area contributed by atoms with Crippen LogP contribution in [-0.2, 0) is 6.42 Å². The number of benzene rings is 1. The van der Waals surface area contributed by atoms with Crippen LogP contribution in [0.4, 0.5) is 0 Å². The van der Waals surface area contributed by atoms with Crippen molar-refractivity contribution in [1.29, 1.82) is 0 Å². The summed E-state index contributed by atoms with van der Waals surface area (Å²) in [5.74, 6) is 1.17. The van der Waals surface area contributed by atoms with Gasteiger partial charge in [-0.1, -0.05) is 6.07 Å². The topological polar surface area (TPSA) is 32.3 Å². The van der Waals surface area contributed by atoms with Gasteiger partial charge in [0.15, 0.2) is 0 Å². The third-order valence-electron chi connectivity index (χ3n) is 3.55. The lowest BCUT2D eigenvalue weighted by Gasteiger charge is -2.24. The fraction of sp³-hybridized carbons (Fsp3) is 0.571. The highest BCUT2D eigenvalue weighted by Crippen LogP contribution is 2.33. The van der Waals surface area contributed by atoms with E-state index in [1.807, 2.05) is 13.0 Å². The number of aromatic hydroxyl groups is 1. The normalized spacial score (nSPS) is 20.5. The molecule has 0 saturated carbocycles. The summed E-state index contributed by atoms with van der Waals surface area (Å²) < 4.78 is 0. The van der Waals surface area contributed by atoms with Gasteiger partial charge in [-0.2, -0.15) is 0 Å². The van der Waals surface area contributed by atoms with Crippen molar-refractivity contribution in [3.8, 4) is 5.75 Å². The molecule has 1 aliphatic heterocycles. The minimum absolute atomic E-state index is 0.502. The Hall–Kier alpha value is -0.670. The predicted octanol–water partition coefficient (Wildman–Crippen LogP) is 2.96. The van der Waals surface area contributed by atoms with E-state index in [1.165, 1.54) is 17.7 Å². The first-order valence-corrected chi connectivity index (χ1v) is 7.51. The molecular weight excluding hydrogens is 230 g/mol. The molecule has 2 nitrogen and oxygen atoms in total. The molecule has 2 N–H and O–H groups in total. The maximum Gasteiger partial charge on any atom is 0.122 e. The molecule has 1 unspecified atom stereocenters. The number of phenolic OH excluding ortho intramolecular Hbond substituents is 1. The van der Waals surface area contributed by atoms with Gasteiger partial charge in [0, 0.05) is 10.5 Å². The Bertz CT molecular complexity index is 386. The second kappa shape index (κ2) is 5.78. The third kappa shape index (κ3) is 2.96. The summed E-state index contributed by atoms with van der Waals surface area (Å²) in [6.45, 7) is 4.20. The number of hydrogen-bond acceptors (Lipinski definition) is 3. The van der Waals surface area contributed by atoms with Gasteiger partial charge in [-0.15, -0.1) is 11.8 Å². The Morgan fingerprint density at radius 2 is 2.29 bits per heavy atom. The summed E-state index contributed by atoms with van der Waals surface area (Å²) in [4.78, 5) is 1.22. The highest BCUT2D eigenvalue weighted by Gasteiger charge is 2.18. The summed E-state index contributed by atoms with van der Waals surface area (Å²) in [5, 5.41) is 13.6. The molecule has 2 rings (SSSR count). The second-order valence-electron chi connectivity index (χ2n) is 4.83. The molecule has 0 bridgehead atoms. The van der Waals surface area contributed by atoms with Crippen LogP contribution in [0.2, 0.25) is 0 Å². The van der Waals surface area contributed by atoms with Crippen LogP contribution in [0.5, 0.6) is 5.75 Å². The van der Waals surface area contributed by atoms with Gasteiger partial charge in [-0.05, 0) is 63.1 Å². The zero-order valence-electron chi connectivity index (χ0n) is 10.6. The van der Waals surface area contributed by atoms with E-state index in [0.717, 1.165) is 30.6 Å². The maximum atomic E-state index is 10.2. The van der Waals surface area contributed by atoms with E-state index in [0.29, 0.717) is 11.7 Å². The number of phenols is 1. The molecule has 1 fully saturated rings. The number of hydrogen-bond donors (Lipinski definition) is 2. The van der Waals surface area contributed by atoms with Gasteiger partial charge < -0.3 is 10.4 Å². The predicted molar refractivity (Wildman–Crippen MR) is 73.9 cm³/mol. The average Bonchev–Trinajstić information content (AvgIpc) is 2.37. The van der Waals surface area contributed by atoms with Crippen molar-refractivity contribution in [3.63, 3.8) is 0 Å². The lowest BCUT2D eigenvalue weighted by Crippen LogP contribution is -2.31. The van der Waals surface area contributed by atoms with E-state index < -0.39 is 0 Å². The summed E-state index contributed by atoms with van der Waals surface area (Å²) >= 11 is 1.73. The van der Waals surface area contributed by atoms with Gasteiger partial charge >= 0.3 is 0 Å². The highest BCUT2D eigenvalue weighted by molar-refractivity contribution is 7.98. The van der Waals surface area contributed by atoms with E-state index in [2.05, 4.69) is 17.6 Å². The monoisotopic (exact) mass is 251 g/mol. The number of nitrogens with one attached hydrogen (secondary N) is 1. The summed E-state index contributed by atoms with van der Waals surface area (Å²) in [5.41, 5.74) is 2.13. The minimum atomic E-state index is 0.502. The standard InChI is InChI=1S/C14H21NOS/c1-10-5-6-13(17-2)12(14(10)16)8-11-4-3-7-15-9-11/h5-6,11,15-16H,3-4,7-9H2,1-2H3.